The third-order valence-electron chi connectivity index (χ3n) is 2.52. The summed E-state index contributed by atoms with van der Waals surface area (Å²) >= 11 is 0. The smallest absolute Gasteiger partial charge is 0.176 e. The van der Waals surface area contributed by atoms with Crippen LogP contribution >= 0.6 is 0 Å². The van der Waals surface area contributed by atoms with Crippen LogP contribution < -0.4 is 0 Å². The standard InChI is InChI=1S/C12H18N2O2S/c1-9(4-5-10(2)13)7-14-12-6-11(3)17(15,16)8-12/h4,7-8,11,13H,5-6H2,1-3H3/b9-4+,13-10?,14-7?. The highest BCUT2D eigenvalue weighted by molar-refractivity contribution is 7.95. The Morgan fingerprint density at radius 1 is 1.59 bits per heavy atom. The number of allylic oxidation sites excluding steroid dienone is 3. The first kappa shape index (κ1) is 13.8. The Labute approximate surface area is 103 Å². The first-order valence-electron chi connectivity index (χ1n) is 5.50. The maximum Gasteiger partial charge on any atom is 0.176 e. The first-order chi connectivity index (χ1) is 7.81. The summed E-state index contributed by atoms with van der Waals surface area (Å²) in [5, 5.41) is 8.18. The van der Waals surface area contributed by atoms with Crippen LogP contribution in [0, 0.1) is 5.41 Å². The number of nitrogens with one attached hydrogen (secondary N) is 1. The molecule has 1 aliphatic heterocycles. The van der Waals surface area contributed by atoms with Crippen LogP contribution in [0.2, 0.25) is 0 Å². The fourth-order valence-corrected chi connectivity index (χ4v) is 2.57. The molecule has 94 valence electrons. The molecule has 17 heavy (non-hydrogen) atoms. The SMILES string of the molecule is CC(=N)C/C=C(\C)C=NC1=CS(=O)(=O)C(C)C1. The fraction of sp³-hybridized carbons (Fsp3) is 0.500. The van der Waals surface area contributed by atoms with Crippen molar-refractivity contribution in [3.05, 3.63) is 22.8 Å². The van der Waals surface area contributed by atoms with Gasteiger partial charge in [-0.2, -0.15) is 0 Å². The number of hydrogen-bond donors (Lipinski definition) is 1. The second-order valence-corrected chi connectivity index (χ2v) is 6.62. The summed E-state index contributed by atoms with van der Waals surface area (Å²) in [5.41, 5.74) is 2.14. The van der Waals surface area contributed by atoms with Crippen molar-refractivity contribution in [2.24, 2.45) is 4.99 Å². The van der Waals surface area contributed by atoms with Gasteiger partial charge in [-0.3, -0.25) is 4.99 Å². The number of sulfone groups is 1. The zero-order valence-electron chi connectivity index (χ0n) is 10.4. The van der Waals surface area contributed by atoms with Gasteiger partial charge in [-0.1, -0.05) is 6.08 Å². The van der Waals surface area contributed by atoms with E-state index in [1.54, 1.807) is 20.1 Å². The third-order valence-corrected chi connectivity index (χ3v) is 4.41. The van der Waals surface area contributed by atoms with Gasteiger partial charge in [-0.05, 0) is 26.3 Å². The lowest BCUT2D eigenvalue weighted by molar-refractivity contribution is 0.596. The van der Waals surface area contributed by atoms with E-state index in [9.17, 15) is 8.42 Å². The molecule has 0 fully saturated rings. The average Bonchev–Trinajstić information content (AvgIpc) is 2.47. The summed E-state index contributed by atoms with van der Waals surface area (Å²) in [6, 6.07) is 0. The van der Waals surface area contributed by atoms with E-state index in [1.807, 2.05) is 13.0 Å². The molecule has 0 aromatic carbocycles. The van der Waals surface area contributed by atoms with Crippen LogP contribution in [-0.2, 0) is 9.84 Å². The molecule has 0 amide bonds. The summed E-state index contributed by atoms with van der Waals surface area (Å²) < 4.78 is 22.9. The third kappa shape index (κ3) is 4.26. The molecule has 1 aliphatic rings. The zero-order valence-corrected chi connectivity index (χ0v) is 11.2. The van der Waals surface area contributed by atoms with Gasteiger partial charge < -0.3 is 5.41 Å². The van der Waals surface area contributed by atoms with Crippen LogP contribution in [0.3, 0.4) is 0 Å². The average molecular weight is 254 g/mol. The molecule has 4 nitrogen and oxygen atoms in total. The Kier molecular flexibility index (Phi) is 4.40. The topological polar surface area (TPSA) is 70.3 Å². The molecular weight excluding hydrogens is 236 g/mol. The Bertz CT molecular complexity index is 499. The van der Waals surface area contributed by atoms with Crippen molar-refractivity contribution in [1.29, 1.82) is 5.41 Å². The summed E-state index contributed by atoms with van der Waals surface area (Å²) in [4.78, 5) is 4.17. The predicted octanol–water partition coefficient (Wildman–Crippen LogP) is 2.48. The second-order valence-electron chi connectivity index (χ2n) is 4.40. The van der Waals surface area contributed by atoms with Crippen LogP contribution in [0.25, 0.3) is 0 Å². The molecular formula is C12H18N2O2S. The molecule has 1 heterocycles. The Morgan fingerprint density at radius 3 is 2.71 bits per heavy atom. The van der Waals surface area contributed by atoms with Gasteiger partial charge in [0.15, 0.2) is 9.84 Å². The van der Waals surface area contributed by atoms with Gasteiger partial charge in [0.25, 0.3) is 0 Å². The second kappa shape index (κ2) is 5.40. The minimum absolute atomic E-state index is 0.359. The lowest BCUT2D eigenvalue weighted by Crippen LogP contribution is -2.08. The molecule has 1 unspecified atom stereocenters. The first-order valence-corrected chi connectivity index (χ1v) is 7.11. The molecule has 1 atom stereocenters. The normalized spacial score (nSPS) is 24.1. The Hall–Kier alpha value is -1.23. The van der Waals surface area contributed by atoms with E-state index in [0.717, 1.165) is 5.57 Å². The minimum Gasteiger partial charge on any atom is -0.310 e. The molecule has 0 spiro atoms. The van der Waals surface area contributed by atoms with Crippen LogP contribution in [0.15, 0.2) is 27.7 Å². The summed E-state index contributed by atoms with van der Waals surface area (Å²) in [5.74, 6) is 0. The predicted molar refractivity (Wildman–Crippen MR) is 71.3 cm³/mol. The molecule has 1 rings (SSSR count). The number of nitrogens with zero attached hydrogens (tertiary/aromatic N) is 1. The van der Waals surface area contributed by atoms with Gasteiger partial charge in [0.1, 0.15) is 0 Å². The van der Waals surface area contributed by atoms with Gasteiger partial charge in [0.2, 0.25) is 0 Å². The number of rotatable bonds is 4. The van der Waals surface area contributed by atoms with Crippen LogP contribution in [0.5, 0.6) is 0 Å². The Balaban J connectivity index is 2.68. The lowest BCUT2D eigenvalue weighted by atomic mass is 10.2. The van der Waals surface area contributed by atoms with Gasteiger partial charge >= 0.3 is 0 Å². The van der Waals surface area contributed by atoms with Crippen molar-refractivity contribution in [1.82, 2.24) is 0 Å². The quantitative estimate of drug-likeness (QED) is 0.783. The number of hydrogen-bond acceptors (Lipinski definition) is 4. The monoisotopic (exact) mass is 254 g/mol. The highest BCUT2D eigenvalue weighted by Gasteiger charge is 2.26. The fourth-order valence-electron chi connectivity index (χ4n) is 1.40. The number of aliphatic imine (C=N–C) groups is 1. The van der Waals surface area contributed by atoms with E-state index < -0.39 is 9.84 Å². The minimum atomic E-state index is -3.08. The molecule has 1 N–H and O–H groups in total. The highest BCUT2D eigenvalue weighted by atomic mass is 32.2. The van der Waals surface area contributed by atoms with Crippen molar-refractivity contribution >= 4 is 21.8 Å². The summed E-state index contributed by atoms with van der Waals surface area (Å²) in [7, 11) is -3.08. The molecule has 0 saturated carbocycles. The van der Waals surface area contributed by atoms with Crippen molar-refractivity contribution < 1.29 is 8.42 Å². The van der Waals surface area contributed by atoms with Crippen LogP contribution in [-0.4, -0.2) is 25.6 Å². The Morgan fingerprint density at radius 2 is 2.24 bits per heavy atom. The van der Waals surface area contributed by atoms with Crippen molar-refractivity contribution in [2.45, 2.75) is 38.9 Å². The largest absolute Gasteiger partial charge is 0.310 e. The molecule has 0 saturated heterocycles. The lowest BCUT2D eigenvalue weighted by Gasteiger charge is -1.98. The van der Waals surface area contributed by atoms with E-state index >= 15 is 0 Å². The van der Waals surface area contributed by atoms with E-state index in [1.165, 1.54) is 5.41 Å². The van der Waals surface area contributed by atoms with Crippen LogP contribution in [0.4, 0.5) is 0 Å². The summed E-state index contributed by atoms with van der Waals surface area (Å²) in [6.07, 6.45) is 4.64. The zero-order chi connectivity index (χ0) is 13.1. The molecule has 0 aliphatic carbocycles. The van der Waals surface area contributed by atoms with E-state index in [-0.39, 0.29) is 5.25 Å². The molecule has 0 aromatic rings. The van der Waals surface area contributed by atoms with Gasteiger partial charge in [0.05, 0.1) is 16.4 Å². The molecule has 5 heteroatoms. The molecule has 0 bridgehead atoms. The van der Waals surface area contributed by atoms with Gasteiger partial charge in [-0.25, -0.2) is 8.42 Å². The van der Waals surface area contributed by atoms with Crippen molar-refractivity contribution in [3.8, 4) is 0 Å². The summed E-state index contributed by atoms with van der Waals surface area (Å²) in [6.45, 7) is 5.32. The van der Waals surface area contributed by atoms with Crippen molar-refractivity contribution in [3.63, 3.8) is 0 Å². The van der Waals surface area contributed by atoms with Crippen LogP contribution in [0.1, 0.15) is 33.6 Å². The maximum atomic E-state index is 11.4. The van der Waals surface area contributed by atoms with E-state index in [0.29, 0.717) is 24.3 Å². The van der Waals surface area contributed by atoms with E-state index in [2.05, 4.69) is 4.99 Å². The molecule has 0 aromatic heterocycles. The van der Waals surface area contributed by atoms with Gasteiger partial charge in [-0.15, -0.1) is 0 Å². The highest BCUT2D eigenvalue weighted by Crippen LogP contribution is 2.24. The molecule has 0 radical (unpaired) electrons. The van der Waals surface area contributed by atoms with E-state index in [4.69, 9.17) is 5.41 Å². The van der Waals surface area contributed by atoms with Gasteiger partial charge in [0, 0.05) is 24.8 Å². The van der Waals surface area contributed by atoms with Crippen molar-refractivity contribution in [2.75, 3.05) is 0 Å². The maximum absolute atomic E-state index is 11.4.